The van der Waals surface area contributed by atoms with Gasteiger partial charge in [0.15, 0.2) is 0 Å². The first-order valence-corrected chi connectivity index (χ1v) is 15.3. The monoisotopic (exact) mass is 545 g/mol. The van der Waals surface area contributed by atoms with Crippen LogP contribution >= 0.6 is 0 Å². The van der Waals surface area contributed by atoms with Crippen LogP contribution in [0.5, 0.6) is 0 Å². The molecular formula is C29H40FN3O4S. The molecule has 1 fully saturated rings. The maximum Gasteiger partial charge on any atom is 0.243 e. The number of anilines is 1. The van der Waals surface area contributed by atoms with Crippen LogP contribution in [-0.2, 0) is 26.2 Å². The second-order valence-corrected chi connectivity index (χ2v) is 12.1. The van der Waals surface area contributed by atoms with Gasteiger partial charge in [0.05, 0.1) is 11.9 Å². The Morgan fingerprint density at radius 1 is 1.08 bits per heavy atom. The maximum absolute atomic E-state index is 14.4. The van der Waals surface area contributed by atoms with E-state index < -0.39 is 21.9 Å². The van der Waals surface area contributed by atoms with Crippen molar-refractivity contribution >= 4 is 27.5 Å². The molecule has 0 bridgehead atoms. The molecule has 9 heteroatoms. The van der Waals surface area contributed by atoms with E-state index in [1.54, 1.807) is 11.0 Å². The van der Waals surface area contributed by atoms with Crippen LogP contribution in [0.1, 0.15) is 69.4 Å². The average molecular weight is 546 g/mol. The highest BCUT2D eigenvalue weighted by Gasteiger charge is 2.30. The van der Waals surface area contributed by atoms with E-state index >= 15 is 0 Å². The normalized spacial score (nSPS) is 15.1. The van der Waals surface area contributed by atoms with Gasteiger partial charge in [0.25, 0.3) is 0 Å². The van der Waals surface area contributed by atoms with Crippen LogP contribution in [-0.4, -0.2) is 50.0 Å². The van der Waals surface area contributed by atoms with Crippen molar-refractivity contribution in [2.75, 3.05) is 17.1 Å². The zero-order valence-corrected chi connectivity index (χ0v) is 23.5. The molecule has 0 aromatic heterocycles. The molecule has 2 aromatic rings. The number of nitrogens with one attached hydrogen (secondary N) is 1. The Morgan fingerprint density at radius 3 is 2.42 bits per heavy atom. The van der Waals surface area contributed by atoms with Gasteiger partial charge < -0.3 is 10.2 Å². The summed E-state index contributed by atoms with van der Waals surface area (Å²) in [6.07, 6.45) is 6.95. The minimum Gasteiger partial charge on any atom is -0.352 e. The molecule has 1 N–H and O–H groups in total. The fraction of sp³-hybridized carbons (Fsp3) is 0.517. The van der Waals surface area contributed by atoms with Crippen LogP contribution < -0.4 is 9.62 Å². The predicted octanol–water partition coefficient (Wildman–Crippen LogP) is 4.94. The molecule has 2 amide bonds. The standard InChI is InChI=1S/C29H40FN3O4S/c1-4-26(29(35)31-24-14-6-5-7-15-24)32(21-23-13-10-12-22(2)20-23)28(34)18-11-19-33(38(3,36)37)27-17-9-8-16-25(27)30/h8-10,12-13,16-17,20,24,26H,4-7,11,14-15,18-19,21H2,1-3H3,(H,31,35)/t26-/m1/s1. The molecule has 0 saturated heterocycles. The van der Waals surface area contributed by atoms with Crippen molar-refractivity contribution in [3.63, 3.8) is 0 Å². The highest BCUT2D eigenvalue weighted by Crippen LogP contribution is 2.23. The van der Waals surface area contributed by atoms with Gasteiger partial charge in [0.1, 0.15) is 11.9 Å². The summed E-state index contributed by atoms with van der Waals surface area (Å²) in [6, 6.07) is 13.0. The van der Waals surface area contributed by atoms with Crippen LogP contribution in [0.2, 0.25) is 0 Å². The second-order valence-electron chi connectivity index (χ2n) is 10.2. The number of hydrogen-bond acceptors (Lipinski definition) is 4. The van der Waals surface area contributed by atoms with Crippen molar-refractivity contribution in [2.24, 2.45) is 0 Å². The zero-order chi connectivity index (χ0) is 27.7. The summed E-state index contributed by atoms with van der Waals surface area (Å²) in [5.41, 5.74) is 1.94. The molecule has 2 aromatic carbocycles. The van der Waals surface area contributed by atoms with E-state index in [2.05, 4.69) is 5.32 Å². The minimum absolute atomic E-state index is 0.0273. The van der Waals surface area contributed by atoms with E-state index in [-0.39, 0.29) is 49.5 Å². The van der Waals surface area contributed by atoms with Gasteiger partial charge >= 0.3 is 0 Å². The predicted molar refractivity (Wildman–Crippen MR) is 149 cm³/mol. The van der Waals surface area contributed by atoms with Crippen molar-refractivity contribution in [2.45, 2.75) is 83.8 Å². The third kappa shape index (κ3) is 8.28. The van der Waals surface area contributed by atoms with Gasteiger partial charge in [0.2, 0.25) is 21.8 Å². The lowest BCUT2D eigenvalue weighted by Gasteiger charge is -2.33. The molecule has 0 heterocycles. The molecule has 0 aliphatic heterocycles. The van der Waals surface area contributed by atoms with Crippen LogP contribution in [0, 0.1) is 12.7 Å². The van der Waals surface area contributed by atoms with Crippen LogP contribution in [0.4, 0.5) is 10.1 Å². The summed E-state index contributed by atoms with van der Waals surface area (Å²) in [5.74, 6) is -1.03. The fourth-order valence-electron chi connectivity index (χ4n) is 5.11. The van der Waals surface area contributed by atoms with Gasteiger partial charge in [-0.15, -0.1) is 0 Å². The first-order chi connectivity index (χ1) is 18.1. The first-order valence-electron chi connectivity index (χ1n) is 13.5. The first kappa shape index (κ1) is 29.6. The molecule has 1 aliphatic rings. The van der Waals surface area contributed by atoms with Crippen molar-refractivity contribution in [1.82, 2.24) is 10.2 Å². The molecule has 0 radical (unpaired) electrons. The molecule has 38 heavy (non-hydrogen) atoms. The number of aryl methyl sites for hydroxylation is 1. The SMILES string of the molecule is CC[C@H](C(=O)NC1CCCCC1)N(Cc1cccc(C)c1)C(=O)CCCN(c1ccccc1F)S(C)(=O)=O. The van der Waals surface area contributed by atoms with E-state index in [1.165, 1.54) is 24.6 Å². The number of carbonyl (C=O) groups is 2. The lowest BCUT2D eigenvalue weighted by atomic mass is 9.95. The number of rotatable bonds is 12. The van der Waals surface area contributed by atoms with E-state index in [0.717, 1.165) is 47.4 Å². The number of para-hydroxylation sites is 1. The lowest BCUT2D eigenvalue weighted by Crippen LogP contribution is -2.51. The van der Waals surface area contributed by atoms with Crippen molar-refractivity contribution in [1.29, 1.82) is 0 Å². The number of nitrogens with zero attached hydrogens (tertiary/aromatic N) is 2. The minimum atomic E-state index is -3.76. The van der Waals surface area contributed by atoms with Crippen LogP contribution in [0.25, 0.3) is 0 Å². The third-order valence-electron chi connectivity index (χ3n) is 7.05. The summed E-state index contributed by atoms with van der Waals surface area (Å²) in [6.45, 7) is 4.10. The molecule has 7 nitrogen and oxygen atoms in total. The number of sulfonamides is 1. The van der Waals surface area contributed by atoms with Crippen molar-refractivity contribution in [3.05, 3.63) is 65.5 Å². The zero-order valence-electron chi connectivity index (χ0n) is 22.7. The van der Waals surface area contributed by atoms with Crippen LogP contribution in [0.3, 0.4) is 0 Å². The van der Waals surface area contributed by atoms with Gasteiger partial charge in [-0.1, -0.05) is 68.1 Å². The van der Waals surface area contributed by atoms with Gasteiger partial charge in [-0.3, -0.25) is 13.9 Å². The van der Waals surface area contributed by atoms with E-state index in [4.69, 9.17) is 0 Å². The van der Waals surface area contributed by atoms with Crippen molar-refractivity contribution in [3.8, 4) is 0 Å². The van der Waals surface area contributed by atoms with E-state index in [9.17, 15) is 22.4 Å². The maximum atomic E-state index is 14.4. The van der Waals surface area contributed by atoms with Gasteiger partial charge in [-0.2, -0.15) is 0 Å². The quantitative estimate of drug-likeness (QED) is 0.410. The summed E-state index contributed by atoms with van der Waals surface area (Å²) in [5, 5.41) is 3.16. The summed E-state index contributed by atoms with van der Waals surface area (Å²) in [4.78, 5) is 28.5. The molecule has 1 aliphatic carbocycles. The molecule has 3 rings (SSSR count). The summed E-state index contributed by atoms with van der Waals surface area (Å²) >= 11 is 0. The average Bonchev–Trinajstić information content (AvgIpc) is 2.87. The Hall–Kier alpha value is -2.94. The highest BCUT2D eigenvalue weighted by atomic mass is 32.2. The summed E-state index contributed by atoms with van der Waals surface area (Å²) in [7, 11) is -3.76. The third-order valence-corrected chi connectivity index (χ3v) is 8.23. The number of halogens is 1. The highest BCUT2D eigenvalue weighted by molar-refractivity contribution is 7.92. The lowest BCUT2D eigenvalue weighted by molar-refractivity contribution is -0.141. The van der Waals surface area contributed by atoms with Crippen molar-refractivity contribution < 1.29 is 22.4 Å². The smallest absolute Gasteiger partial charge is 0.243 e. The van der Waals surface area contributed by atoms with Gasteiger partial charge in [0, 0.05) is 25.6 Å². The number of hydrogen-bond donors (Lipinski definition) is 1. The number of amides is 2. The molecule has 0 unspecified atom stereocenters. The Bertz CT molecular complexity index is 1200. The topological polar surface area (TPSA) is 86.8 Å². The largest absolute Gasteiger partial charge is 0.352 e. The second kappa shape index (κ2) is 13.7. The van der Waals surface area contributed by atoms with E-state index in [1.807, 2.05) is 38.1 Å². The molecule has 0 spiro atoms. The molecule has 208 valence electrons. The number of carbonyl (C=O) groups excluding carboxylic acids is 2. The fourth-order valence-corrected chi connectivity index (χ4v) is 6.07. The van der Waals surface area contributed by atoms with E-state index in [0.29, 0.717) is 6.42 Å². The van der Waals surface area contributed by atoms with Crippen LogP contribution in [0.15, 0.2) is 48.5 Å². The molecule has 1 atom stereocenters. The Morgan fingerprint density at radius 2 is 1.79 bits per heavy atom. The van der Waals surface area contributed by atoms with Gasteiger partial charge in [-0.05, 0) is 50.3 Å². The molecular weight excluding hydrogens is 505 g/mol. The Labute approximate surface area is 226 Å². The summed E-state index contributed by atoms with van der Waals surface area (Å²) < 4.78 is 40.2. The Balaban J connectivity index is 1.76. The van der Waals surface area contributed by atoms with Gasteiger partial charge in [-0.25, -0.2) is 12.8 Å². The molecule has 1 saturated carbocycles. The number of benzene rings is 2. The Kier molecular flexibility index (Phi) is 10.7.